The van der Waals surface area contributed by atoms with E-state index in [0.717, 1.165) is 0 Å². The molecular formula is C15H12ClN3O3. The van der Waals surface area contributed by atoms with Gasteiger partial charge < -0.3 is 10.4 Å². The Morgan fingerprint density at radius 1 is 1.09 bits per heavy atom. The fourth-order valence-corrected chi connectivity index (χ4v) is 1.67. The van der Waals surface area contributed by atoms with E-state index in [1.807, 2.05) is 0 Å². The standard InChI is InChI=1S/C15H12ClN3O3/c16-11-4-6-12(7-5-11)18-14(21)15(22)19-17-9-10-2-1-3-13(20)8-10/h1-9,20H,(H,18,21)(H,19,22). The second-order valence-corrected chi connectivity index (χ2v) is 4.69. The largest absolute Gasteiger partial charge is 0.508 e. The summed E-state index contributed by atoms with van der Waals surface area (Å²) < 4.78 is 0. The van der Waals surface area contributed by atoms with Crippen molar-refractivity contribution in [2.24, 2.45) is 5.10 Å². The summed E-state index contributed by atoms with van der Waals surface area (Å²) in [4.78, 5) is 23.2. The Balaban J connectivity index is 1.89. The minimum absolute atomic E-state index is 0.0794. The highest BCUT2D eigenvalue weighted by Crippen LogP contribution is 2.13. The summed E-state index contributed by atoms with van der Waals surface area (Å²) in [6, 6.07) is 12.6. The molecule has 22 heavy (non-hydrogen) atoms. The lowest BCUT2D eigenvalue weighted by molar-refractivity contribution is -0.136. The first-order valence-corrected chi connectivity index (χ1v) is 6.61. The summed E-state index contributed by atoms with van der Waals surface area (Å²) in [7, 11) is 0. The molecule has 2 aromatic rings. The van der Waals surface area contributed by atoms with Crippen LogP contribution in [0.1, 0.15) is 5.56 Å². The molecule has 112 valence electrons. The van der Waals surface area contributed by atoms with E-state index >= 15 is 0 Å². The predicted octanol–water partition coefficient (Wildman–Crippen LogP) is 2.13. The van der Waals surface area contributed by atoms with Gasteiger partial charge in [-0.05, 0) is 42.0 Å². The highest BCUT2D eigenvalue weighted by atomic mass is 35.5. The molecule has 7 heteroatoms. The third kappa shape index (κ3) is 4.60. The van der Waals surface area contributed by atoms with Gasteiger partial charge in [-0.15, -0.1) is 0 Å². The normalized spacial score (nSPS) is 10.4. The van der Waals surface area contributed by atoms with Crippen LogP contribution in [-0.4, -0.2) is 23.1 Å². The van der Waals surface area contributed by atoms with Gasteiger partial charge in [0.15, 0.2) is 0 Å². The van der Waals surface area contributed by atoms with Crippen molar-refractivity contribution in [2.45, 2.75) is 0 Å². The van der Waals surface area contributed by atoms with E-state index in [1.54, 1.807) is 36.4 Å². The van der Waals surface area contributed by atoms with Crippen LogP contribution < -0.4 is 10.7 Å². The molecule has 0 fully saturated rings. The highest BCUT2D eigenvalue weighted by molar-refractivity contribution is 6.39. The third-order valence-corrected chi connectivity index (χ3v) is 2.81. The van der Waals surface area contributed by atoms with Crippen LogP contribution in [0.2, 0.25) is 5.02 Å². The molecule has 0 radical (unpaired) electrons. The van der Waals surface area contributed by atoms with Gasteiger partial charge in [0.2, 0.25) is 0 Å². The zero-order valence-electron chi connectivity index (χ0n) is 11.3. The Morgan fingerprint density at radius 3 is 2.50 bits per heavy atom. The zero-order valence-corrected chi connectivity index (χ0v) is 12.0. The zero-order chi connectivity index (χ0) is 15.9. The molecule has 2 aromatic carbocycles. The molecule has 2 amide bonds. The van der Waals surface area contributed by atoms with Gasteiger partial charge in [0, 0.05) is 10.7 Å². The van der Waals surface area contributed by atoms with Crippen LogP contribution in [0, 0.1) is 0 Å². The van der Waals surface area contributed by atoms with Crippen LogP contribution in [0.25, 0.3) is 0 Å². The second-order valence-electron chi connectivity index (χ2n) is 4.26. The molecule has 0 spiro atoms. The first-order valence-electron chi connectivity index (χ1n) is 6.23. The van der Waals surface area contributed by atoms with Crippen molar-refractivity contribution in [2.75, 3.05) is 5.32 Å². The van der Waals surface area contributed by atoms with Crippen LogP contribution in [0.15, 0.2) is 53.6 Å². The molecule has 0 saturated heterocycles. The number of carbonyl (C=O) groups excluding carboxylic acids is 2. The molecule has 0 saturated carbocycles. The maximum atomic E-state index is 11.6. The van der Waals surface area contributed by atoms with E-state index in [9.17, 15) is 14.7 Å². The van der Waals surface area contributed by atoms with Crippen molar-refractivity contribution >= 4 is 35.3 Å². The Kier molecular flexibility index (Phi) is 5.11. The van der Waals surface area contributed by atoms with E-state index in [2.05, 4.69) is 15.8 Å². The number of amides is 2. The Labute approximate surface area is 131 Å². The first kappa shape index (κ1) is 15.5. The Bertz CT molecular complexity index is 714. The van der Waals surface area contributed by atoms with Crippen LogP contribution in [0.4, 0.5) is 5.69 Å². The number of carbonyl (C=O) groups is 2. The minimum atomic E-state index is -0.911. The number of hydrogen-bond acceptors (Lipinski definition) is 4. The third-order valence-electron chi connectivity index (χ3n) is 2.56. The first-order chi connectivity index (χ1) is 10.5. The summed E-state index contributed by atoms with van der Waals surface area (Å²) in [5.41, 5.74) is 3.12. The summed E-state index contributed by atoms with van der Waals surface area (Å²) in [6.45, 7) is 0. The second kappa shape index (κ2) is 7.24. The van der Waals surface area contributed by atoms with Gasteiger partial charge >= 0.3 is 11.8 Å². The van der Waals surface area contributed by atoms with Gasteiger partial charge in [0.1, 0.15) is 5.75 Å². The van der Waals surface area contributed by atoms with Gasteiger partial charge in [-0.25, -0.2) is 5.43 Å². The SMILES string of the molecule is O=C(NN=Cc1cccc(O)c1)C(=O)Nc1ccc(Cl)cc1. The van der Waals surface area contributed by atoms with Crippen molar-refractivity contribution in [3.05, 3.63) is 59.1 Å². The quantitative estimate of drug-likeness (QED) is 0.460. The number of hydrazone groups is 1. The van der Waals surface area contributed by atoms with Crippen LogP contribution in [-0.2, 0) is 9.59 Å². The summed E-state index contributed by atoms with van der Waals surface area (Å²) in [5.74, 6) is -1.68. The summed E-state index contributed by atoms with van der Waals surface area (Å²) >= 11 is 5.72. The minimum Gasteiger partial charge on any atom is -0.508 e. The monoisotopic (exact) mass is 317 g/mol. The molecule has 0 aliphatic heterocycles. The number of hydrogen-bond donors (Lipinski definition) is 3. The summed E-state index contributed by atoms with van der Waals surface area (Å²) in [6.07, 6.45) is 1.31. The van der Waals surface area contributed by atoms with Crippen molar-refractivity contribution < 1.29 is 14.7 Å². The highest BCUT2D eigenvalue weighted by Gasteiger charge is 2.12. The van der Waals surface area contributed by atoms with Crippen molar-refractivity contribution in [3.63, 3.8) is 0 Å². The summed E-state index contributed by atoms with van der Waals surface area (Å²) in [5, 5.41) is 15.8. The number of phenolic OH excluding ortho intramolecular Hbond substituents is 1. The van der Waals surface area contributed by atoms with Gasteiger partial charge in [0.05, 0.1) is 6.21 Å². The molecule has 3 N–H and O–H groups in total. The molecule has 0 heterocycles. The number of nitrogens with zero attached hydrogens (tertiary/aromatic N) is 1. The fourth-order valence-electron chi connectivity index (χ4n) is 1.54. The molecule has 0 unspecified atom stereocenters. The number of aromatic hydroxyl groups is 1. The van der Waals surface area contributed by atoms with Crippen LogP contribution in [0.5, 0.6) is 5.75 Å². The molecule has 6 nitrogen and oxygen atoms in total. The molecule has 2 rings (SSSR count). The topological polar surface area (TPSA) is 90.8 Å². The van der Waals surface area contributed by atoms with Gasteiger partial charge in [-0.1, -0.05) is 23.7 Å². The lowest BCUT2D eigenvalue weighted by Gasteiger charge is -2.03. The number of anilines is 1. The van der Waals surface area contributed by atoms with E-state index < -0.39 is 11.8 Å². The van der Waals surface area contributed by atoms with Crippen LogP contribution >= 0.6 is 11.6 Å². The number of phenols is 1. The Hall–Kier alpha value is -2.86. The van der Waals surface area contributed by atoms with E-state index in [4.69, 9.17) is 11.6 Å². The average molecular weight is 318 g/mol. The molecular weight excluding hydrogens is 306 g/mol. The molecule has 0 atom stereocenters. The van der Waals surface area contributed by atoms with E-state index in [-0.39, 0.29) is 5.75 Å². The molecule has 0 aromatic heterocycles. The fraction of sp³-hybridized carbons (Fsp3) is 0. The molecule has 0 bridgehead atoms. The Morgan fingerprint density at radius 2 is 1.82 bits per heavy atom. The van der Waals surface area contributed by atoms with E-state index in [0.29, 0.717) is 16.3 Å². The van der Waals surface area contributed by atoms with Gasteiger partial charge in [-0.2, -0.15) is 5.10 Å². The van der Waals surface area contributed by atoms with E-state index in [1.165, 1.54) is 18.3 Å². The van der Waals surface area contributed by atoms with Crippen molar-refractivity contribution in [3.8, 4) is 5.75 Å². The maximum Gasteiger partial charge on any atom is 0.329 e. The number of benzene rings is 2. The maximum absolute atomic E-state index is 11.6. The van der Waals surface area contributed by atoms with Crippen molar-refractivity contribution in [1.29, 1.82) is 0 Å². The predicted molar refractivity (Wildman–Crippen MR) is 83.9 cm³/mol. The lowest BCUT2D eigenvalue weighted by atomic mass is 10.2. The van der Waals surface area contributed by atoms with Crippen LogP contribution in [0.3, 0.4) is 0 Å². The molecule has 0 aliphatic carbocycles. The average Bonchev–Trinajstić information content (AvgIpc) is 2.49. The number of rotatable bonds is 3. The molecule has 0 aliphatic rings. The number of halogens is 1. The van der Waals surface area contributed by atoms with Gasteiger partial charge in [-0.3, -0.25) is 9.59 Å². The van der Waals surface area contributed by atoms with Crippen molar-refractivity contribution in [1.82, 2.24) is 5.43 Å². The lowest BCUT2D eigenvalue weighted by Crippen LogP contribution is -2.32. The number of nitrogens with one attached hydrogen (secondary N) is 2. The van der Waals surface area contributed by atoms with Gasteiger partial charge in [0.25, 0.3) is 0 Å². The smallest absolute Gasteiger partial charge is 0.329 e.